The second-order valence-corrected chi connectivity index (χ2v) is 3.73. The van der Waals surface area contributed by atoms with Gasteiger partial charge in [-0.1, -0.05) is 41.9 Å². The van der Waals surface area contributed by atoms with Crippen LogP contribution in [0.1, 0.15) is 15.9 Å². The van der Waals surface area contributed by atoms with Crippen LogP contribution in [-0.2, 0) is 0 Å². The van der Waals surface area contributed by atoms with E-state index in [0.29, 0.717) is 11.1 Å². The summed E-state index contributed by atoms with van der Waals surface area (Å²) < 4.78 is 12.8. The maximum atomic E-state index is 12.8. The molecule has 1 nitrogen and oxygen atoms in total. The van der Waals surface area contributed by atoms with Gasteiger partial charge < -0.3 is 0 Å². The molecular weight excluding hydrogens is 227 g/mol. The van der Waals surface area contributed by atoms with Gasteiger partial charge >= 0.3 is 0 Å². The lowest BCUT2D eigenvalue weighted by Crippen LogP contribution is -2.01. The van der Waals surface area contributed by atoms with E-state index in [1.807, 2.05) is 6.07 Å². The second kappa shape index (κ2) is 4.45. The Hall–Kier alpha value is -1.67. The summed E-state index contributed by atoms with van der Waals surface area (Å²) in [5, 5.41) is 0.133. The Bertz CT molecular complexity index is 523. The second-order valence-electron chi connectivity index (χ2n) is 3.32. The van der Waals surface area contributed by atoms with Crippen molar-refractivity contribution in [2.24, 2.45) is 0 Å². The molecule has 0 fully saturated rings. The zero-order valence-corrected chi connectivity index (χ0v) is 9.04. The molecule has 2 aromatic rings. The first kappa shape index (κ1) is 10.8. The average molecular weight is 235 g/mol. The van der Waals surface area contributed by atoms with Crippen LogP contribution in [0.15, 0.2) is 48.5 Å². The van der Waals surface area contributed by atoms with Crippen LogP contribution in [-0.4, -0.2) is 5.78 Å². The van der Waals surface area contributed by atoms with Crippen molar-refractivity contribution in [1.82, 2.24) is 0 Å². The zero-order chi connectivity index (χ0) is 11.5. The van der Waals surface area contributed by atoms with Crippen LogP contribution in [0, 0.1) is 5.82 Å². The van der Waals surface area contributed by atoms with E-state index >= 15 is 0 Å². The molecule has 0 bridgehead atoms. The molecule has 0 aromatic heterocycles. The van der Waals surface area contributed by atoms with Gasteiger partial charge in [0.2, 0.25) is 0 Å². The van der Waals surface area contributed by atoms with Crippen LogP contribution in [0.4, 0.5) is 4.39 Å². The van der Waals surface area contributed by atoms with Gasteiger partial charge in [0.15, 0.2) is 5.78 Å². The molecule has 2 rings (SSSR count). The van der Waals surface area contributed by atoms with Gasteiger partial charge in [0, 0.05) is 11.1 Å². The van der Waals surface area contributed by atoms with Gasteiger partial charge in [-0.3, -0.25) is 4.79 Å². The summed E-state index contributed by atoms with van der Waals surface area (Å²) in [4.78, 5) is 12.0. The number of hydrogen-bond donors (Lipinski definition) is 0. The number of benzene rings is 2. The topological polar surface area (TPSA) is 17.1 Å². The molecule has 0 saturated carbocycles. The number of carbonyl (C=O) groups is 1. The summed E-state index contributed by atoms with van der Waals surface area (Å²) in [6, 6.07) is 12.5. The summed E-state index contributed by atoms with van der Waals surface area (Å²) in [5.41, 5.74) is 0.852. The average Bonchev–Trinajstić information content (AvgIpc) is 2.29. The van der Waals surface area contributed by atoms with E-state index in [-0.39, 0.29) is 10.8 Å². The van der Waals surface area contributed by atoms with Gasteiger partial charge in [0.1, 0.15) is 5.82 Å². The number of halogens is 2. The van der Waals surface area contributed by atoms with Crippen LogP contribution < -0.4 is 0 Å². The third-order valence-electron chi connectivity index (χ3n) is 2.21. The molecule has 2 aromatic carbocycles. The minimum atomic E-state index is -0.449. The summed E-state index contributed by atoms with van der Waals surface area (Å²) in [6.45, 7) is 0. The molecule has 3 heteroatoms. The van der Waals surface area contributed by atoms with Crippen molar-refractivity contribution in [3.63, 3.8) is 0 Å². The summed E-state index contributed by atoms with van der Waals surface area (Å²) in [5.74, 6) is -0.653. The Morgan fingerprint density at radius 2 is 1.75 bits per heavy atom. The first-order valence-electron chi connectivity index (χ1n) is 4.73. The van der Waals surface area contributed by atoms with Crippen molar-refractivity contribution >= 4 is 17.4 Å². The van der Waals surface area contributed by atoms with Gasteiger partial charge in [0.25, 0.3) is 0 Å². The third kappa shape index (κ3) is 2.12. The highest BCUT2D eigenvalue weighted by Crippen LogP contribution is 2.20. The SMILES string of the molecule is O=C(c1ccccc1)c1ccc(F)cc1Cl. The van der Waals surface area contributed by atoms with Crippen molar-refractivity contribution in [3.8, 4) is 0 Å². The minimum Gasteiger partial charge on any atom is -0.289 e. The van der Waals surface area contributed by atoms with Crippen molar-refractivity contribution in [3.05, 3.63) is 70.5 Å². The summed E-state index contributed by atoms with van der Waals surface area (Å²) in [7, 11) is 0. The lowest BCUT2D eigenvalue weighted by atomic mass is 10.0. The van der Waals surface area contributed by atoms with Gasteiger partial charge in [-0.15, -0.1) is 0 Å². The van der Waals surface area contributed by atoms with Crippen LogP contribution in [0.25, 0.3) is 0 Å². The fourth-order valence-electron chi connectivity index (χ4n) is 1.42. The highest BCUT2D eigenvalue weighted by molar-refractivity contribution is 6.34. The number of ketones is 1. The summed E-state index contributed by atoms with van der Waals surface area (Å²) >= 11 is 5.81. The summed E-state index contributed by atoms with van der Waals surface area (Å²) in [6.07, 6.45) is 0. The fraction of sp³-hybridized carbons (Fsp3) is 0. The van der Waals surface area contributed by atoms with Crippen LogP contribution in [0.3, 0.4) is 0 Å². The van der Waals surface area contributed by atoms with Crippen molar-refractivity contribution in [2.45, 2.75) is 0 Å². The van der Waals surface area contributed by atoms with E-state index in [4.69, 9.17) is 11.6 Å². The number of hydrogen-bond acceptors (Lipinski definition) is 1. The quantitative estimate of drug-likeness (QED) is 0.724. The maximum Gasteiger partial charge on any atom is 0.194 e. The normalized spacial score (nSPS) is 10.1. The molecule has 0 amide bonds. The Labute approximate surface area is 97.5 Å². The zero-order valence-electron chi connectivity index (χ0n) is 8.28. The molecule has 0 atom stereocenters. The van der Waals surface area contributed by atoms with E-state index in [0.717, 1.165) is 6.07 Å². The molecule has 0 N–H and O–H groups in total. The van der Waals surface area contributed by atoms with Crippen molar-refractivity contribution in [1.29, 1.82) is 0 Å². The lowest BCUT2D eigenvalue weighted by Gasteiger charge is -2.03. The first-order chi connectivity index (χ1) is 7.68. The Morgan fingerprint density at radius 1 is 1.06 bits per heavy atom. The Kier molecular flexibility index (Phi) is 3.02. The molecule has 0 aliphatic carbocycles. The van der Waals surface area contributed by atoms with Gasteiger partial charge in [-0.25, -0.2) is 4.39 Å². The van der Waals surface area contributed by atoms with Crippen LogP contribution in [0.5, 0.6) is 0 Å². The predicted molar refractivity (Wildman–Crippen MR) is 61.3 cm³/mol. The van der Waals surface area contributed by atoms with Crippen LogP contribution in [0.2, 0.25) is 5.02 Å². The van der Waals surface area contributed by atoms with E-state index in [1.165, 1.54) is 12.1 Å². The smallest absolute Gasteiger partial charge is 0.194 e. The molecule has 0 radical (unpaired) electrons. The number of rotatable bonds is 2. The lowest BCUT2D eigenvalue weighted by molar-refractivity contribution is 0.103. The highest BCUT2D eigenvalue weighted by Gasteiger charge is 2.12. The first-order valence-corrected chi connectivity index (χ1v) is 5.11. The van der Waals surface area contributed by atoms with Gasteiger partial charge in [-0.2, -0.15) is 0 Å². The fourth-order valence-corrected chi connectivity index (χ4v) is 1.67. The van der Waals surface area contributed by atoms with Crippen molar-refractivity contribution < 1.29 is 9.18 Å². The molecule has 0 unspecified atom stereocenters. The Morgan fingerprint density at radius 3 is 2.38 bits per heavy atom. The largest absolute Gasteiger partial charge is 0.289 e. The molecule has 0 saturated heterocycles. The molecule has 0 aliphatic heterocycles. The minimum absolute atomic E-state index is 0.133. The standard InChI is InChI=1S/C13H8ClFO/c14-12-8-10(15)6-7-11(12)13(16)9-4-2-1-3-5-9/h1-8H. The highest BCUT2D eigenvalue weighted by atomic mass is 35.5. The molecule has 0 heterocycles. The molecule has 0 spiro atoms. The molecule has 16 heavy (non-hydrogen) atoms. The molecule has 80 valence electrons. The molecular formula is C13H8ClFO. The maximum absolute atomic E-state index is 12.8. The van der Waals surface area contributed by atoms with Crippen molar-refractivity contribution in [2.75, 3.05) is 0 Å². The van der Waals surface area contributed by atoms with Gasteiger partial charge in [-0.05, 0) is 18.2 Å². The van der Waals surface area contributed by atoms with E-state index < -0.39 is 5.82 Å². The van der Waals surface area contributed by atoms with Crippen LogP contribution >= 0.6 is 11.6 Å². The number of carbonyl (C=O) groups excluding carboxylic acids is 1. The third-order valence-corrected chi connectivity index (χ3v) is 2.52. The van der Waals surface area contributed by atoms with E-state index in [1.54, 1.807) is 24.3 Å². The predicted octanol–water partition coefficient (Wildman–Crippen LogP) is 3.71. The van der Waals surface area contributed by atoms with Gasteiger partial charge in [0.05, 0.1) is 5.02 Å². The van der Waals surface area contributed by atoms with E-state index in [2.05, 4.69) is 0 Å². The monoisotopic (exact) mass is 234 g/mol. The molecule has 0 aliphatic rings. The Balaban J connectivity index is 2.42. The van der Waals surface area contributed by atoms with E-state index in [9.17, 15) is 9.18 Å².